The molecule has 1 saturated heterocycles. The van der Waals surface area contributed by atoms with E-state index in [2.05, 4.69) is 20.8 Å². The molecule has 3 atom stereocenters. The van der Waals surface area contributed by atoms with Crippen LogP contribution in [-0.4, -0.2) is 30.6 Å². The summed E-state index contributed by atoms with van der Waals surface area (Å²) in [6.45, 7) is 1.82. The van der Waals surface area contributed by atoms with E-state index in [0.29, 0.717) is 11.8 Å². The van der Waals surface area contributed by atoms with Crippen LogP contribution >= 0.6 is 15.9 Å². The molecule has 1 aromatic rings. The molecule has 1 aromatic carbocycles. The molecular weight excluding hydrogens is 294 g/mol. The molecule has 0 amide bonds. The lowest BCUT2D eigenvalue weighted by Crippen LogP contribution is -2.25. The molecule has 2 aliphatic rings. The van der Waals surface area contributed by atoms with E-state index >= 15 is 0 Å². The van der Waals surface area contributed by atoms with E-state index in [9.17, 15) is 9.90 Å². The molecule has 4 heteroatoms. The molecule has 0 radical (unpaired) electrons. The van der Waals surface area contributed by atoms with Crippen molar-refractivity contribution in [2.45, 2.75) is 18.9 Å². The number of nitrogens with zero attached hydrogens (tertiary/aromatic N) is 1. The molecule has 3 rings (SSSR count). The van der Waals surface area contributed by atoms with Crippen LogP contribution in [0.25, 0.3) is 0 Å². The maximum Gasteiger partial charge on any atom is 0.152 e. The van der Waals surface area contributed by atoms with E-state index in [4.69, 9.17) is 0 Å². The molecule has 0 spiro atoms. The number of fused-ring (bicyclic) bond motifs is 1. The minimum absolute atomic E-state index is 0.160. The van der Waals surface area contributed by atoms with Crippen molar-refractivity contribution in [3.05, 3.63) is 28.2 Å². The number of rotatable bonds is 2. The zero-order chi connectivity index (χ0) is 12.7. The highest BCUT2D eigenvalue weighted by Crippen LogP contribution is 2.40. The third-order valence-electron chi connectivity index (χ3n) is 4.28. The Morgan fingerprint density at radius 1 is 1.33 bits per heavy atom. The normalized spacial score (nSPS) is 30.6. The van der Waals surface area contributed by atoms with E-state index in [1.54, 1.807) is 0 Å². The van der Waals surface area contributed by atoms with Gasteiger partial charge in [0, 0.05) is 34.7 Å². The average molecular weight is 310 g/mol. The Kier molecular flexibility index (Phi) is 3.16. The number of aliphatic hydroxyl groups is 1. The van der Waals surface area contributed by atoms with Crippen LogP contribution in [0.3, 0.4) is 0 Å². The largest absolute Gasteiger partial charge is 0.393 e. The van der Waals surface area contributed by atoms with Gasteiger partial charge < -0.3 is 10.0 Å². The summed E-state index contributed by atoms with van der Waals surface area (Å²) in [5.74, 6) is 0.960. The van der Waals surface area contributed by atoms with Gasteiger partial charge in [0.15, 0.2) is 6.29 Å². The number of carbonyl (C=O) groups excluding carboxylic acids is 1. The van der Waals surface area contributed by atoms with E-state index in [0.717, 1.165) is 47.9 Å². The molecule has 1 saturated carbocycles. The SMILES string of the molecule is O=Cc1ccc(Br)cc1N1CC2CCC(O)C2C1. The number of aldehydes is 1. The predicted octanol–water partition coefficient (Wildman–Crippen LogP) is 2.47. The first kappa shape index (κ1) is 12.2. The molecule has 18 heavy (non-hydrogen) atoms. The smallest absolute Gasteiger partial charge is 0.152 e. The molecule has 3 unspecified atom stereocenters. The summed E-state index contributed by atoms with van der Waals surface area (Å²) in [6.07, 6.45) is 2.79. The summed E-state index contributed by atoms with van der Waals surface area (Å²) in [5.41, 5.74) is 1.72. The van der Waals surface area contributed by atoms with Crippen molar-refractivity contribution >= 4 is 27.9 Å². The molecular formula is C14H16BrNO2. The van der Waals surface area contributed by atoms with Gasteiger partial charge in [0.1, 0.15) is 0 Å². The molecule has 1 aliphatic carbocycles. The molecule has 1 N–H and O–H groups in total. The average Bonchev–Trinajstić information content (AvgIpc) is 2.92. The number of hydrogen-bond donors (Lipinski definition) is 1. The van der Waals surface area contributed by atoms with Gasteiger partial charge in [-0.15, -0.1) is 0 Å². The predicted molar refractivity (Wildman–Crippen MR) is 74.0 cm³/mol. The number of aliphatic hydroxyl groups excluding tert-OH is 1. The summed E-state index contributed by atoms with van der Waals surface area (Å²) in [5, 5.41) is 9.94. The third kappa shape index (κ3) is 1.97. The highest BCUT2D eigenvalue weighted by molar-refractivity contribution is 9.10. The fourth-order valence-corrected chi connectivity index (χ4v) is 3.67. The quantitative estimate of drug-likeness (QED) is 0.853. The Morgan fingerprint density at radius 3 is 2.89 bits per heavy atom. The summed E-state index contributed by atoms with van der Waals surface area (Å²) in [6, 6.07) is 5.73. The standard InChI is InChI=1S/C14H16BrNO2/c15-11-3-1-10(8-17)13(5-11)16-6-9-2-4-14(18)12(9)7-16/h1,3,5,8-9,12,14,18H,2,4,6-7H2. The zero-order valence-corrected chi connectivity index (χ0v) is 11.6. The van der Waals surface area contributed by atoms with Crippen molar-refractivity contribution in [1.29, 1.82) is 0 Å². The molecule has 2 fully saturated rings. The maximum absolute atomic E-state index is 11.1. The fourth-order valence-electron chi connectivity index (χ4n) is 3.32. The first-order valence-electron chi connectivity index (χ1n) is 6.37. The minimum atomic E-state index is -0.160. The lowest BCUT2D eigenvalue weighted by molar-refractivity contribution is 0.112. The van der Waals surface area contributed by atoms with Crippen LogP contribution in [0.15, 0.2) is 22.7 Å². The van der Waals surface area contributed by atoms with Crippen molar-refractivity contribution in [1.82, 2.24) is 0 Å². The Balaban J connectivity index is 1.88. The number of hydrogen-bond acceptors (Lipinski definition) is 3. The lowest BCUT2D eigenvalue weighted by Gasteiger charge is -2.22. The molecule has 3 nitrogen and oxygen atoms in total. The van der Waals surface area contributed by atoms with Crippen molar-refractivity contribution in [3.8, 4) is 0 Å². The Bertz CT molecular complexity index is 477. The maximum atomic E-state index is 11.1. The van der Waals surface area contributed by atoms with Gasteiger partial charge in [-0.1, -0.05) is 15.9 Å². The second-order valence-electron chi connectivity index (χ2n) is 5.29. The summed E-state index contributed by atoms with van der Waals surface area (Å²) in [7, 11) is 0. The van der Waals surface area contributed by atoms with Crippen molar-refractivity contribution in [3.63, 3.8) is 0 Å². The Labute approximate surface area is 115 Å². The Hall–Kier alpha value is -0.870. The van der Waals surface area contributed by atoms with Gasteiger partial charge in [-0.25, -0.2) is 0 Å². The summed E-state index contributed by atoms with van der Waals surface area (Å²) < 4.78 is 0.987. The second kappa shape index (κ2) is 4.67. The van der Waals surface area contributed by atoms with Crippen molar-refractivity contribution in [2.24, 2.45) is 11.8 Å². The van der Waals surface area contributed by atoms with Gasteiger partial charge in [0.05, 0.1) is 6.10 Å². The van der Waals surface area contributed by atoms with Crippen LogP contribution < -0.4 is 4.90 Å². The van der Waals surface area contributed by atoms with Gasteiger partial charge >= 0.3 is 0 Å². The number of anilines is 1. The molecule has 0 aromatic heterocycles. The lowest BCUT2D eigenvalue weighted by atomic mass is 10.00. The van der Waals surface area contributed by atoms with Gasteiger partial charge in [-0.3, -0.25) is 4.79 Å². The number of halogens is 1. The Morgan fingerprint density at radius 2 is 2.17 bits per heavy atom. The van der Waals surface area contributed by atoms with Crippen molar-refractivity contribution in [2.75, 3.05) is 18.0 Å². The van der Waals surface area contributed by atoms with Gasteiger partial charge in [0.25, 0.3) is 0 Å². The molecule has 96 valence electrons. The fraction of sp³-hybridized carbons (Fsp3) is 0.500. The highest BCUT2D eigenvalue weighted by Gasteiger charge is 2.42. The third-order valence-corrected chi connectivity index (χ3v) is 4.77. The van der Waals surface area contributed by atoms with Crippen LogP contribution in [0.5, 0.6) is 0 Å². The van der Waals surface area contributed by atoms with E-state index < -0.39 is 0 Å². The topological polar surface area (TPSA) is 40.5 Å². The minimum Gasteiger partial charge on any atom is -0.393 e. The monoisotopic (exact) mass is 309 g/mol. The van der Waals surface area contributed by atoms with E-state index in [1.165, 1.54) is 0 Å². The zero-order valence-electron chi connectivity index (χ0n) is 10.1. The summed E-state index contributed by atoms with van der Waals surface area (Å²) in [4.78, 5) is 13.4. The first-order valence-corrected chi connectivity index (χ1v) is 7.16. The van der Waals surface area contributed by atoms with Gasteiger partial charge in [-0.2, -0.15) is 0 Å². The second-order valence-corrected chi connectivity index (χ2v) is 6.21. The van der Waals surface area contributed by atoms with E-state index in [-0.39, 0.29) is 6.10 Å². The van der Waals surface area contributed by atoms with Crippen LogP contribution in [0.2, 0.25) is 0 Å². The molecule has 0 bridgehead atoms. The summed E-state index contributed by atoms with van der Waals surface area (Å²) >= 11 is 3.45. The molecule has 1 aliphatic heterocycles. The van der Waals surface area contributed by atoms with Crippen LogP contribution in [0.4, 0.5) is 5.69 Å². The number of benzene rings is 1. The van der Waals surface area contributed by atoms with Crippen LogP contribution in [0, 0.1) is 11.8 Å². The van der Waals surface area contributed by atoms with Crippen LogP contribution in [0.1, 0.15) is 23.2 Å². The van der Waals surface area contributed by atoms with Gasteiger partial charge in [-0.05, 0) is 37.0 Å². The van der Waals surface area contributed by atoms with E-state index in [1.807, 2.05) is 18.2 Å². The molecule has 1 heterocycles. The highest BCUT2D eigenvalue weighted by atomic mass is 79.9. The van der Waals surface area contributed by atoms with Crippen molar-refractivity contribution < 1.29 is 9.90 Å². The van der Waals surface area contributed by atoms with Crippen LogP contribution in [-0.2, 0) is 0 Å². The first-order chi connectivity index (χ1) is 8.69. The van der Waals surface area contributed by atoms with Gasteiger partial charge in [0.2, 0.25) is 0 Å². The number of carbonyl (C=O) groups is 1.